The third-order valence-corrected chi connectivity index (χ3v) is 2.99. The first-order valence-corrected chi connectivity index (χ1v) is 7.14. The fourth-order valence-electron chi connectivity index (χ4n) is 1.24. The van der Waals surface area contributed by atoms with Gasteiger partial charge in [0.1, 0.15) is 11.5 Å². The zero-order valence-electron chi connectivity index (χ0n) is 10.9. The van der Waals surface area contributed by atoms with Gasteiger partial charge in [0.25, 0.3) is 0 Å². The summed E-state index contributed by atoms with van der Waals surface area (Å²) in [6.07, 6.45) is 1.61. The summed E-state index contributed by atoms with van der Waals surface area (Å²) in [5.41, 5.74) is 6.35. The number of hydrogen-bond acceptors (Lipinski definition) is 3. The van der Waals surface area contributed by atoms with Crippen molar-refractivity contribution in [1.29, 1.82) is 5.41 Å². The van der Waals surface area contributed by atoms with Crippen molar-refractivity contribution >= 4 is 51.6 Å². The normalized spacial score (nSPS) is 8.86. The van der Waals surface area contributed by atoms with E-state index in [-0.39, 0.29) is 24.0 Å². The highest BCUT2D eigenvalue weighted by Gasteiger charge is 2.01. The second-order valence-corrected chi connectivity index (χ2v) is 4.69. The van der Waals surface area contributed by atoms with Gasteiger partial charge in [-0.25, -0.2) is 0 Å². The molecule has 3 N–H and O–H groups in total. The van der Waals surface area contributed by atoms with Gasteiger partial charge in [-0.15, -0.1) is 12.4 Å². The highest BCUT2D eigenvalue weighted by Crippen LogP contribution is 2.10. The van der Waals surface area contributed by atoms with Gasteiger partial charge in [0, 0.05) is 16.8 Å². The number of aromatic nitrogens is 1. The highest BCUT2D eigenvalue weighted by atomic mass is 79.9. The van der Waals surface area contributed by atoms with Crippen molar-refractivity contribution in [2.45, 2.75) is 0 Å². The predicted octanol–water partition coefficient (Wildman–Crippen LogP) is 3.71. The number of nitrogens with zero attached hydrogens (tertiary/aromatic N) is 1. The molecular weight excluding hydrogens is 377 g/mol. The van der Waals surface area contributed by atoms with Crippen LogP contribution in [-0.2, 0) is 0 Å². The van der Waals surface area contributed by atoms with Crippen molar-refractivity contribution in [3.63, 3.8) is 0 Å². The van der Waals surface area contributed by atoms with Crippen molar-refractivity contribution < 1.29 is 4.79 Å². The molecule has 0 atom stereocenters. The van der Waals surface area contributed by atoms with Crippen LogP contribution in [0.15, 0.2) is 48.7 Å². The summed E-state index contributed by atoms with van der Waals surface area (Å²) in [4.78, 5) is 14.9. The van der Waals surface area contributed by atoms with Crippen molar-refractivity contribution in [3.8, 4) is 0 Å². The number of benzene rings is 1. The number of ketones is 1. The molecule has 112 valence electrons. The van der Waals surface area contributed by atoms with Gasteiger partial charge in [-0.05, 0) is 36.4 Å². The smallest absolute Gasteiger partial charge is 0.173 e. The Balaban J connectivity index is 0.000000370. The second kappa shape index (κ2) is 10.3. The third-order valence-electron chi connectivity index (χ3n) is 2.23. The predicted molar refractivity (Wildman–Crippen MR) is 92.1 cm³/mol. The van der Waals surface area contributed by atoms with Crippen LogP contribution in [0, 0.1) is 5.41 Å². The number of halogens is 3. The topological polar surface area (TPSA) is 79.8 Å². The summed E-state index contributed by atoms with van der Waals surface area (Å²) in [5.74, 6) is 0.0808. The fourth-order valence-corrected chi connectivity index (χ4v) is 1.68. The van der Waals surface area contributed by atoms with Crippen molar-refractivity contribution in [3.05, 3.63) is 64.9 Å². The molecule has 7 heteroatoms. The van der Waals surface area contributed by atoms with Gasteiger partial charge in [-0.1, -0.05) is 33.6 Å². The largest absolute Gasteiger partial charge is 0.382 e. The second-order valence-electron chi connectivity index (χ2n) is 3.69. The number of carbonyl (C=O) groups is 1. The first-order valence-electron chi connectivity index (χ1n) is 5.64. The molecule has 4 nitrogen and oxygen atoms in total. The maximum Gasteiger partial charge on any atom is 0.173 e. The van der Waals surface area contributed by atoms with E-state index in [1.807, 2.05) is 0 Å². The maximum absolute atomic E-state index is 11.0. The molecule has 21 heavy (non-hydrogen) atoms. The van der Waals surface area contributed by atoms with E-state index >= 15 is 0 Å². The minimum atomic E-state index is 0. The standard InChI is InChI=1S/C8H6BrClO.C6H7N3.ClH/c9-5-8(11)6-1-3-7(10)4-2-6;7-6(8)5-3-1-2-4-9-5;/h1-4H,5H2;1-4H,(H3,7,8);1H. The van der Waals surface area contributed by atoms with Gasteiger partial charge in [-0.3, -0.25) is 15.2 Å². The van der Waals surface area contributed by atoms with Crippen molar-refractivity contribution in [1.82, 2.24) is 4.98 Å². The Morgan fingerprint density at radius 2 is 1.86 bits per heavy atom. The average molecular weight is 391 g/mol. The van der Waals surface area contributed by atoms with Crippen LogP contribution in [0.3, 0.4) is 0 Å². The summed E-state index contributed by atoms with van der Waals surface area (Å²) in [6, 6.07) is 12.1. The molecule has 0 saturated carbocycles. The van der Waals surface area contributed by atoms with Gasteiger partial charge in [0.15, 0.2) is 5.78 Å². The van der Waals surface area contributed by atoms with Crippen LogP contribution in [0.25, 0.3) is 0 Å². The summed E-state index contributed by atoms with van der Waals surface area (Å²) in [7, 11) is 0. The zero-order chi connectivity index (χ0) is 15.0. The number of alkyl halides is 1. The zero-order valence-corrected chi connectivity index (χ0v) is 14.1. The number of carbonyl (C=O) groups excluding carboxylic acids is 1. The Morgan fingerprint density at radius 3 is 2.24 bits per heavy atom. The van der Waals surface area contributed by atoms with E-state index in [0.717, 1.165) is 0 Å². The number of hydrogen-bond donors (Lipinski definition) is 2. The van der Waals surface area contributed by atoms with Crippen LogP contribution in [0.5, 0.6) is 0 Å². The summed E-state index contributed by atoms with van der Waals surface area (Å²) in [6.45, 7) is 0. The van der Waals surface area contributed by atoms with Gasteiger partial charge in [0.2, 0.25) is 0 Å². The molecule has 0 spiro atoms. The molecule has 2 aromatic rings. The maximum atomic E-state index is 11.0. The molecule has 0 fully saturated rings. The number of nitrogen functional groups attached to an aromatic ring is 1. The molecule has 0 aliphatic carbocycles. The molecular formula is C14H14BrCl2N3O. The van der Waals surface area contributed by atoms with Gasteiger partial charge in [0.05, 0.1) is 5.33 Å². The van der Waals surface area contributed by atoms with Gasteiger partial charge in [-0.2, -0.15) is 0 Å². The molecule has 2 rings (SSSR count). The molecule has 1 heterocycles. The summed E-state index contributed by atoms with van der Waals surface area (Å²) in [5, 5.41) is 7.96. The van der Waals surface area contributed by atoms with Crippen LogP contribution in [0.2, 0.25) is 5.02 Å². The molecule has 0 aliphatic heterocycles. The Kier molecular flexibility index (Phi) is 9.62. The lowest BCUT2D eigenvalue weighted by Crippen LogP contribution is -2.12. The lowest BCUT2D eigenvalue weighted by molar-refractivity contribution is 0.102. The van der Waals surface area contributed by atoms with Crippen molar-refractivity contribution in [2.24, 2.45) is 5.73 Å². The fraction of sp³-hybridized carbons (Fsp3) is 0.0714. The van der Waals surface area contributed by atoms with E-state index < -0.39 is 0 Å². The third kappa shape index (κ3) is 7.22. The first kappa shape index (κ1) is 19.6. The molecule has 0 saturated heterocycles. The van der Waals surface area contributed by atoms with E-state index in [4.69, 9.17) is 22.7 Å². The van der Waals surface area contributed by atoms with Gasteiger partial charge < -0.3 is 5.73 Å². The van der Waals surface area contributed by atoms with Crippen LogP contribution < -0.4 is 5.73 Å². The molecule has 0 radical (unpaired) electrons. The van der Waals surface area contributed by atoms with Crippen LogP contribution in [0.1, 0.15) is 16.1 Å². The number of Topliss-reactive ketones (excluding diaryl/α,β-unsaturated/α-hetero) is 1. The number of pyridine rings is 1. The van der Waals surface area contributed by atoms with E-state index in [1.165, 1.54) is 0 Å². The molecule has 1 aromatic heterocycles. The minimum Gasteiger partial charge on any atom is -0.382 e. The number of amidine groups is 1. The Hall–Kier alpha value is -1.43. The monoisotopic (exact) mass is 389 g/mol. The molecule has 1 aromatic carbocycles. The summed E-state index contributed by atoms with van der Waals surface area (Å²) < 4.78 is 0. The highest BCUT2D eigenvalue weighted by molar-refractivity contribution is 9.09. The first-order chi connectivity index (χ1) is 9.54. The summed E-state index contributed by atoms with van der Waals surface area (Å²) >= 11 is 8.72. The molecule has 0 aliphatic rings. The van der Waals surface area contributed by atoms with Crippen molar-refractivity contribution in [2.75, 3.05) is 5.33 Å². The van der Waals surface area contributed by atoms with Crippen LogP contribution >= 0.6 is 39.9 Å². The lowest BCUT2D eigenvalue weighted by Gasteiger charge is -1.95. The Morgan fingerprint density at radius 1 is 1.24 bits per heavy atom. The number of nitrogens with two attached hydrogens (primary N) is 1. The van der Waals surface area contributed by atoms with Crippen LogP contribution in [0.4, 0.5) is 0 Å². The van der Waals surface area contributed by atoms with Crippen LogP contribution in [-0.4, -0.2) is 21.9 Å². The van der Waals surface area contributed by atoms with Gasteiger partial charge >= 0.3 is 0 Å². The Labute approximate surface area is 142 Å². The quantitative estimate of drug-likeness (QED) is 0.363. The molecule has 0 amide bonds. The van der Waals surface area contributed by atoms with E-state index in [2.05, 4.69) is 20.9 Å². The molecule has 0 unspecified atom stereocenters. The average Bonchev–Trinajstić information content (AvgIpc) is 2.49. The number of rotatable bonds is 3. The van der Waals surface area contributed by atoms with E-state index in [0.29, 0.717) is 21.6 Å². The molecule has 0 bridgehead atoms. The Bertz CT molecular complexity index is 577. The number of nitrogens with one attached hydrogen (secondary N) is 1. The van der Waals surface area contributed by atoms with E-state index in [9.17, 15) is 4.79 Å². The SMILES string of the molecule is Cl.N=C(N)c1ccccn1.O=C(CBr)c1ccc(Cl)cc1. The lowest BCUT2D eigenvalue weighted by atomic mass is 10.2. The van der Waals surface area contributed by atoms with E-state index in [1.54, 1.807) is 48.7 Å². The minimum absolute atomic E-state index is 0.